The Morgan fingerprint density at radius 1 is 1.42 bits per heavy atom. The van der Waals surface area contributed by atoms with E-state index in [-0.39, 0.29) is 0 Å². The molecule has 0 spiro atoms. The van der Waals surface area contributed by atoms with Gasteiger partial charge in [0.25, 0.3) is 0 Å². The van der Waals surface area contributed by atoms with Gasteiger partial charge in [-0.1, -0.05) is 0 Å². The van der Waals surface area contributed by atoms with Gasteiger partial charge in [0.1, 0.15) is 5.82 Å². The Morgan fingerprint density at radius 3 is 2.68 bits per heavy atom. The van der Waals surface area contributed by atoms with Crippen LogP contribution in [0, 0.1) is 12.8 Å². The van der Waals surface area contributed by atoms with Crippen molar-refractivity contribution in [2.24, 2.45) is 5.92 Å². The van der Waals surface area contributed by atoms with Crippen LogP contribution in [0.15, 0.2) is 16.7 Å². The first-order valence-electron chi connectivity index (χ1n) is 7.17. The van der Waals surface area contributed by atoms with Crippen molar-refractivity contribution in [3.8, 4) is 0 Å². The fraction of sp³-hybridized carbons (Fsp3) is 0.667. The van der Waals surface area contributed by atoms with E-state index >= 15 is 0 Å². The molecule has 2 rings (SSSR count). The fourth-order valence-corrected chi connectivity index (χ4v) is 3.16. The molecule has 1 aromatic heterocycles. The second-order valence-corrected chi connectivity index (χ2v) is 6.65. The van der Waals surface area contributed by atoms with Crippen molar-refractivity contribution in [1.29, 1.82) is 0 Å². The topological polar surface area (TPSA) is 28.2 Å². The molecule has 4 heteroatoms. The molecule has 0 radical (unpaired) electrons. The van der Waals surface area contributed by atoms with Crippen LogP contribution in [0.5, 0.6) is 0 Å². The van der Waals surface area contributed by atoms with Gasteiger partial charge in [-0.25, -0.2) is 4.98 Å². The van der Waals surface area contributed by atoms with Crippen LogP contribution >= 0.6 is 15.9 Å². The molecule has 0 aliphatic carbocycles. The number of hydrogen-bond donors (Lipinski definition) is 1. The highest BCUT2D eigenvalue weighted by Gasteiger charge is 2.21. The third-order valence-electron chi connectivity index (χ3n) is 3.83. The molecule has 1 aliphatic rings. The van der Waals surface area contributed by atoms with E-state index in [1.807, 2.05) is 6.20 Å². The van der Waals surface area contributed by atoms with E-state index in [0.29, 0.717) is 6.04 Å². The summed E-state index contributed by atoms with van der Waals surface area (Å²) >= 11 is 3.49. The van der Waals surface area contributed by atoms with Gasteiger partial charge < -0.3 is 10.2 Å². The quantitative estimate of drug-likeness (QED) is 0.919. The Kier molecular flexibility index (Phi) is 5.22. The van der Waals surface area contributed by atoms with E-state index in [1.165, 1.54) is 18.4 Å². The van der Waals surface area contributed by atoms with Crippen molar-refractivity contribution >= 4 is 21.7 Å². The third-order valence-corrected chi connectivity index (χ3v) is 4.26. The monoisotopic (exact) mass is 325 g/mol. The third kappa shape index (κ3) is 3.93. The largest absolute Gasteiger partial charge is 0.354 e. The minimum atomic E-state index is 0.488. The van der Waals surface area contributed by atoms with Crippen LogP contribution in [0.2, 0.25) is 0 Å². The SMILES string of the molecule is Cc1cc(Br)cnc1N(CC1CCNCC1)C(C)C. The van der Waals surface area contributed by atoms with Crippen molar-refractivity contribution < 1.29 is 0 Å². The van der Waals surface area contributed by atoms with Gasteiger partial charge in [-0.2, -0.15) is 0 Å². The lowest BCUT2D eigenvalue weighted by molar-refractivity contribution is 0.367. The molecule has 0 atom stereocenters. The van der Waals surface area contributed by atoms with Gasteiger partial charge in [-0.15, -0.1) is 0 Å². The summed E-state index contributed by atoms with van der Waals surface area (Å²) in [5.74, 6) is 1.92. The first-order chi connectivity index (χ1) is 9.08. The summed E-state index contributed by atoms with van der Waals surface area (Å²) in [6.45, 7) is 10.1. The molecule has 0 bridgehead atoms. The van der Waals surface area contributed by atoms with Crippen LogP contribution in [-0.2, 0) is 0 Å². The zero-order valence-corrected chi connectivity index (χ0v) is 13.7. The molecular weight excluding hydrogens is 302 g/mol. The number of nitrogens with one attached hydrogen (secondary N) is 1. The Bertz CT molecular complexity index is 414. The normalized spacial score (nSPS) is 16.9. The van der Waals surface area contributed by atoms with Gasteiger partial charge in [-0.3, -0.25) is 0 Å². The van der Waals surface area contributed by atoms with E-state index in [2.05, 4.69) is 58.0 Å². The minimum absolute atomic E-state index is 0.488. The van der Waals surface area contributed by atoms with Crippen molar-refractivity contribution in [1.82, 2.24) is 10.3 Å². The predicted molar refractivity (Wildman–Crippen MR) is 84.7 cm³/mol. The van der Waals surface area contributed by atoms with Crippen LogP contribution in [0.1, 0.15) is 32.3 Å². The zero-order valence-electron chi connectivity index (χ0n) is 12.1. The van der Waals surface area contributed by atoms with Gasteiger partial charge in [0, 0.05) is 23.3 Å². The summed E-state index contributed by atoms with van der Waals surface area (Å²) in [5, 5.41) is 3.44. The summed E-state index contributed by atoms with van der Waals surface area (Å²) in [5.41, 5.74) is 1.25. The van der Waals surface area contributed by atoms with Crippen molar-refractivity contribution in [3.05, 3.63) is 22.3 Å². The number of anilines is 1. The van der Waals surface area contributed by atoms with Crippen molar-refractivity contribution in [2.45, 2.75) is 39.7 Å². The molecule has 1 aliphatic heterocycles. The standard InChI is InChI=1S/C15H24BrN3/c1-11(2)19(10-13-4-6-17-7-5-13)15-12(3)8-14(16)9-18-15/h8-9,11,13,17H,4-7,10H2,1-3H3. The van der Waals surface area contributed by atoms with E-state index in [0.717, 1.165) is 35.8 Å². The van der Waals surface area contributed by atoms with Gasteiger partial charge in [0.2, 0.25) is 0 Å². The highest BCUT2D eigenvalue weighted by molar-refractivity contribution is 9.10. The lowest BCUT2D eigenvalue weighted by Crippen LogP contribution is -2.40. The van der Waals surface area contributed by atoms with Crippen LogP contribution in [0.25, 0.3) is 0 Å². The number of rotatable bonds is 4. The number of aryl methyl sites for hydroxylation is 1. The molecule has 106 valence electrons. The van der Waals surface area contributed by atoms with E-state index in [4.69, 9.17) is 0 Å². The smallest absolute Gasteiger partial charge is 0.131 e. The molecule has 1 aromatic rings. The van der Waals surface area contributed by atoms with E-state index in [9.17, 15) is 0 Å². The maximum absolute atomic E-state index is 4.63. The summed E-state index contributed by atoms with van der Waals surface area (Å²) in [7, 11) is 0. The second-order valence-electron chi connectivity index (χ2n) is 5.73. The summed E-state index contributed by atoms with van der Waals surface area (Å²) in [4.78, 5) is 7.08. The number of nitrogens with zero attached hydrogens (tertiary/aromatic N) is 2. The second kappa shape index (κ2) is 6.71. The maximum atomic E-state index is 4.63. The lowest BCUT2D eigenvalue weighted by atomic mass is 9.97. The van der Waals surface area contributed by atoms with Crippen molar-refractivity contribution in [2.75, 3.05) is 24.5 Å². The average Bonchev–Trinajstić information content (AvgIpc) is 2.38. The van der Waals surface area contributed by atoms with Crippen LogP contribution in [-0.4, -0.2) is 30.7 Å². The summed E-state index contributed by atoms with van der Waals surface area (Å²) in [6.07, 6.45) is 4.46. The van der Waals surface area contributed by atoms with Crippen molar-refractivity contribution in [3.63, 3.8) is 0 Å². The average molecular weight is 326 g/mol. The number of halogens is 1. The highest BCUT2D eigenvalue weighted by atomic mass is 79.9. The van der Waals surface area contributed by atoms with Crippen LogP contribution in [0.3, 0.4) is 0 Å². The molecule has 1 fully saturated rings. The molecule has 0 unspecified atom stereocenters. The highest BCUT2D eigenvalue weighted by Crippen LogP contribution is 2.25. The predicted octanol–water partition coefficient (Wildman–Crippen LogP) is 3.37. The molecule has 0 amide bonds. The number of aromatic nitrogens is 1. The molecule has 19 heavy (non-hydrogen) atoms. The first-order valence-corrected chi connectivity index (χ1v) is 7.96. The number of piperidine rings is 1. The summed E-state index contributed by atoms with van der Waals surface area (Å²) in [6, 6.07) is 2.64. The summed E-state index contributed by atoms with van der Waals surface area (Å²) < 4.78 is 1.05. The molecule has 2 heterocycles. The zero-order chi connectivity index (χ0) is 13.8. The molecule has 3 nitrogen and oxygen atoms in total. The Hall–Kier alpha value is -0.610. The molecule has 0 saturated carbocycles. The fourth-order valence-electron chi connectivity index (χ4n) is 2.72. The van der Waals surface area contributed by atoms with Gasteiger partial charge >= 0.3 is 0 Å². The Labute approximate surface area is 124 Å². The molecule has 1 N–H and O–H groups in total. The molecule has 1 saturated heterocycles. The van der Waals surface area contributed by atoms with Gasteiger partial charge in [-0.05, 0) is 80.2 Å². The Morgan fingerprint density at radius 2 is 2.11 bits per heavy atom. The van der Waals surface area contributed by atoms with Crippen LogP contribution in [0.4, 0.5) is 5.82 Å². The lowest BCUT2D eigenvalue weighted by Gasteiger charge is -2.34. The van der Waals surface area contributed by atoms with E-state index in [1.54, 1.807) is 0 Å². The maximum Gasteiger partial charge on any atom is 0.131 e. The minimum Gasteiger partial charge on any atom is -0.354 e. The van der Waals surface area contributed by atoms with Crippen LogP contribution < -0.4 is 10.2 Å². The van der Waals surface area contributed by atoms with Gasteiger partial charge in [0.05, 0.1) is 0 Å². The number of pyridine rings is 1. The Balaban J connectivity index is 2.14. The molecular formula is C15H24BrN3. The van der Waals surface area contributed by atoms with E-state index < -0.39 is 0 Å². The van der Waals surface area contributed by atoms with Gasteiger partial charge in [0.15, 0.2) is 0 Å². The first kappa shape index (κ1) is 14.8. The number of hydrogen-bond acceptors (Lipinski definition) is 3. The molecule has 0 aromatic carbocycles.